The van der Waals surface area contributed by atoms with Crippen LogP contribution in [0.2, 0.25) is 0 Å². The van der Waals surface area contributed by atoms with Gasteiger partial charge in [-0.2, -0.15) is 0 Å². The first-order chi connectivity index (χ1) is 10.9. The smallest absolute Gasteiger partial charge is 0.317 e. The van der Waals surface area contributed by atoms with E-state index in [4.69, 9.17) is 0 Å². The van der Waals surface area contributed by atoms with Gasteiger partial charge in [-0.25, -0.2) is 18.6 Å². The van der Waals surface area contributed by atoms with E-state index in [1.54, 1.807) is 11.3 Å². The molecule has 4 nitrogen and oxygen atoms in total. The third-order valence-electron chi connectivity index (χ3n) is 4.87. The summed E-state index contributed by atoms with van der Waals surface area (Å²) in [6, 6.07) is -0.0360. The minimum absolute atomic E-state index is 0.0515. The Labute approximate surface area is 139 Å². The Balaban J connectivity index is 1.52. The van der Waals surface area contributed by atoms with E-state index in [1.165, 1.54) is 0 Å². The molecular formula is C16H23F2N3OS. The average molecular weight is 343 g/mol. The zero-order valence-corrected chi connectivity index (χ0v) is 14.2. The molecule has 1 aromatic heterocycles. The summed E-state index contributed by atoms with van der Waals surface area (Å²) in [5, 5.41) is 5.98. The molecule has 1 saturated carbocycles. The number of amides is 2. The third-order valence-corrected chi connectivity index (χ3v) is 5.66. The van der Waals surface area contributed by atoms with Crippen molar-refractivity contribution in [2.24, 2.45) is 5.92 Å². The first kappa shape index (κ1) is 16.6. The first-order valence-corrected chi connectivity index (χ1v) is 9.17. The Hall–Kier alpha value is -1.24. The topological polar surface area (TPSA) is 45.2 Å². The van der Waals surface area contributed by atoms with Crippen molar-refractivity contribution in [1.82, 2.24) is 15.2 Å². The number of nitrogens with zero attached hydrogens (tertiary/aromatic N) is 2. The summed E-state index contributed by atoms with van der Waals surface area (Å²) in [6.45, 7) is 3.19. The van der Waals surface area contributed by atoms with Gasteiger partial charge in [0.05, 0.1) is 16.7 Å². The number of hydrogen-bond acceptors (Lipinski definition) is 3. The maximum atomic E-state index is 13.2. The van der Waals surface area contributed by atoms with Crippen molar-refractivity contribution in [3.05, 3.63) is 16.1 Å². The van der Waals surface area contributed by atoms with Crippen molar-refractivity contribution >= 4 is 17.4 Å². The summed E-state index contributed by atoms with van der Waals surface area (Å²) in [5.74, 6) is -2.34. The van der Waals surface area contributed by atoms with Gasteiger partial charge in [0.1, 0.15) is 0 Å². The molecule has 2 fully saturated rings. The fourth-order valence-corrected chi connectivity index (χ4v) is 4.15. The second-order valence-electron chi connectivity index (χ2n) is 6.63. The molecule has 0 unspecified atom stereocenters. The highest BCUT2D eigenvalue weighted by Gasteiger charge is 2.36. The SMILES string of the molecule is Cc1nc([C@H]2CCCN2C(=O)NCC2CCC(F)(F)CC2)cs1. The van der Waals surface area contributed by atoms with Crippen LogP contribution in [0.25, 0.3) is 0 Å². The van der Waals surface area contributed by atoms with Crippen molar-refractivity contribution in [3.63, 3.8) is 0 Å². The molecule has 1 N–H and O–H groups in total. The fourth-order valence-electron chi connectivity index (χ4n) is 3.49. The lowest BCUT2D eigenvalue weighted by atomic mass is 9.87. The molecule has 0 radical (unpaired) electrons. The summed E-state index contributed by atoms with van der Waals surface area (Å²) in [4.78, 5) is 18.8. The number of likely N-dealkylation sites (tertiary alicyclic amines) is 1. The summed E-state index contributed by atoms with van der Waals surface area (Å²) in [5.41, 5.74) is 0.970. The van der Waals surface area contributed by atoms with Crippen LogP contribution in [-0.4, -0.2) is 34.9 Å². The third kappa shape index (κ3) is 4.00. The second-order valence-corrected chi connectivity index (χ2v) is 7.69. The van der Waals surface area contributed by atoms with E-state index in [0.717, 1.165) is 30.1 Å². The molecule has 2 heterocycles. The molecular weight excluding hydrogens is 320 g/mol. The van der Waals surface area contributed by atoms with Crippen LogP contribution in [0.4, 0.5) is 13.6 Å². The zero-order chi connectivity index (χ0) is 16.4. The molecule has 1 atom stereocenters. The first-order valence-electron chi connectivity index (χ1n) is 8.29. The summed E-state index contributed by atoms with van der Waals surface area (Å²) in [7, 11) is 0. The Kier molecular flexibility index (Phi) is 4.85. The average Bonchev–Trinajstić information content (AvgIpc) is 3.14. The number of hydrogen-bond donors (Lipinski definition) is 1. The van der Waals surface area contributed by atoms with Crippen LogP contribution in [0, 0.1) is 12.8 Å². The van der Waals surface area contributed by atoms with E-state index in [2.05, 4.69) is 10.3 Å². The highest BCUT2D eigenvalue weighted by molar-refractivity contribution is 7.09. The Morgan fingerprint density at radius 1 is 1.43 bits per heavy atom. The maximum absolute atomic E-state index is 13.2. The van der Waals surface area contributed by atoms with Gasteiger partial charge in [-0.3, -0.25) is 0 Å². The van der Waals surface area contributed by atoms with E-state index in [-0.39, 0.29) is 30.8 Å². The van der Waals surface area contributed by atoms with Crippen LogP contribution in [0.5, 0.6) is 0 Å². The number of urea groups is 1. The molecule has 0 spiro atoms. The molecule has 2 amide bonds. The van der Waals surface area contributed by atoms with Gasteiger partial charge in [0.2, 0.25) is 5.92 Å². The molecule has 1 aromatic rings. The van der Waals surface area contributed by atoms with Crippen LogP contribution in [0.3, 0.4) is 0 Å². The van der Waals surface area contributed by atoms with Crippen molar-refractivity contribution in [2.75, 3.05) is 13.1 Å². The largest absolute Gasteiger partial charge is 0.338 e. The van der Waals surface area contributed by atoms with Gasteiger partial charge in [-0.1, -0.05) is 0 Å². The highest BCUT2D eigenvalue weighted by Crippen LogP contribution is 2.36. The molecule has 1 aliphatic carbocycles. The number of aromatic nitrogens is 1. The van der Waals surface area contributed by atoms with E-state index in [9.17, 15) is 13.6 Å². The molecule has 1 aliphatic heterocycles. The van der Waals surface area contributed by atoms with Gasteiger partial charge in [-0.15, -0.1) is 11.3 Å². The second kappa shape index (κ2) is 6.71. The van der Waals surface area contributed by atoms with Gasteiger partial charge in [0.25, 0.3) is 0 Å². The summed E-state index contributed by atoms with van der Waals surface area (Å²) >= 11 is 1.60. The van der Waals surface area contributed by atoms with Crippen LogP contribution in [0.1, 0.15) is 55.3 Å². The number of carbonyl (C=O) groups is 1. The quantitative estimate of drug-likeness (QED) is 0.897. The van der Waals surface area contributed by atoms with Crippen molar-refractivity contribution in [3.8, 4) is 0 Å². The number of carbonyl (C=O) groups excluding carboxylic acids is 1. The van der Waals surface area contributed by atoms with Crippen LogP contribution in [-0.2, 0) is 0 Å². The molecule has 3 rings (SSSR count). The number of nitrogens with one attached hydrogen (secondary N) is 1. The monoisotopic (exact) mass is 343 g/mol. The van der Waals surface area contributed by atoms with Crippen LogP contribution < -0.4 is 5.32 Å². The van der Waals surface area contributed by atoms with Crippen LogP contribution >= 0.6 is 11.3 Å². The van der Waals surface area contributed by atoms with Gasteiger partial charge in [0, 0.05) is 31.3 Å². The Morgan fingerprint density at radius 2 is 2.17 bits per heavy atom. The van der Waals surface area contributed by atoms with Gasteiger partial charge in [-0.05, 0) is 38.5 Å². The summed E-state index contributed by atoms with van der Waals surface area (Å²) < 4.78 is 26.3. The molecule has 7 heteroatoms. The maximum Gasteiger partial charge on any atom is 0.317 e. The van der Waals surface area contributed by atoms with Gasteiger partial charge >= 0.3 is 6.03 Å². The molecule has 128 valence electrons. The van der Waals surface area contributed by atoms with E-state index < -0.39 is 5.92 Å². The fraction of sp³-hybridized carbons (Fsp3) is 0.750. The predicted molar refractivity (Wildman–Crippen MR) is 85.8 cm³/mol. The van der Waals surface area contributed by atoms with Gasteiger partial charge in [0.15, 0.2) is 0 Å². The predicted octanol–water partition coefficient (Wildman–Crippen LogP) is 4.12. The minimum atomic E-state index is -2.51. The summed E-state index contributed by atoms with van der Waals surface area (Å²) in [6.07, 6.45) is 2.77. The molecule has 0 bridgehead atoms. The Bertz CT molecular complexity index is 553. The number of rotatable bonds is 3. The number of alkyl halides is 2. The van der Waals surface area contributed by atoms with E-state index >= 15 is 0 Å². The molecule has 23 heavy (non-hydrogen) atoms. The van der Waals surface area contributed by atoms with E-state index in [1.807, 2.05) is 17.2 Å². The van der Waals surface area contributed by atoms with E-state index in [0.29, 0.717) is 19.4 Å². The standard InChI is InChI=1S/C16H23F2N3OS/c1-11-20-13(10-23-11)14-3-2-8-21(14)15(22)19-9-12-4-6-16(17,18)7-5-12/h10,12,14H,2-9H2,1H3,(H,19,22)/t14-/m1/s1. The van der Waals surface area contributed by atoms with Crippen molar-refractivity contribution < 1.29 is 13.6 Å². The van der Waals surface area contributed by atoms with Gasteiger partial charge < -0.3 is 10.2 Å². The van der Waals surface area contributed by atoms with Crippen LogP contribution in [0.15, 0.2) is 5.38 Å². The molecule has 0 aromatic carbocycles. The lowest BCUT2D eigenvalue weighted by Crippen LogP contribution is -2.42. The zero-order valence-electron chi connectivity index (χ0n) is 13.4. The minimum Gasteiger partial charge on any atom is -0.338 e. The number of halogens is 2. The van der Waals surface area contributed by atoms with Crippen molar-refractivity contribution in [2.45, 2.75) is 57.4 Å². The molecule has 2 aliphatic rings. The van der Waals surface area contributed by atoms with Crippen molar-refractivity contribution in [1.29, 1.82) is 0 Å². The highest BCUT2D eigenvalue weighted by atomic mass is 32.1. The molecule has 1 saturated heterocycles. The normalized spacial score (nSPS) is 24.8. The Morgan fingerprint density at radius 3 is 2.83 bits per heavy atom. The number of aryl methyl sites for hydroxylation is 1. The lowest BCUT2D eigenvalue weighted by Gasteiger charge is -2.29. The lowest BCUT2D eigenvalue weighted by molar-refractivity contribution is -0.0452. The number of thiazole rings is 1.